The van der Waals surface area contributed by atoms with Crippen LogP contribution in [-0.4, -0.2) is 40.6 Å². The third kappa shape index (κ3) is 2.49. The van der Waals surface area contributed by atoms with Gasteiger partial charge in [0.2, 0.25) is 5.91 Å². The van der Waals surface area contributed by atoms with Crippen molar-refractivity contribution in [2.45, 2.75) is 12.6 Å². The smallest absolute Gasteiger partial charge is 0.241 e. The summed E-state index contributed by atoms with van der Waals surface area (Å²) in [5, 5.41) is 8.84. The van der Waals surface area contributed by atoms with Gasteiger partial charge in [0, 0.05) is 13.6 Å². The van der Waals surface area contributed by atoms with Crippen molar-refractivity contribution >= 4 is 17.0 Å². The number of likely N-dealkylation sites (N-methyl/N-ethyl adjacent to an activating group) is 1. The largest absolute Gasteiger partial charge is 0.443 e. The van der Waals surface area contributed by atoms with Crippen molar-refractivity contribution in [3.05, 3.63) is 30.2 Å². The van der Waals surface area contributed by atoms with E-state index in [0.29, 0.717) is 12.1 Å². The van der Waals surface area contributed by atoms with Gasteiger partial charge in [0.1, 0.15) is 11.6 Å². The van der Waals surface area contributed by atoms with E-state index in [1.54, 1.807) is 7.05 Å². The van der Waals surface area contributed by atoms with Crippen molar-refractivity contribution in [2.75, 3.05) is 13.7 Å². The quantitative estimate of drug-likeness (QED) is 0.802. The van der Waals surface area contributed by atoms with Crippen LogP contribution in [0.5, 0.6) is 0 Å². The Labute approximate surface area is 104 Å². The molecule has 6 nitrogen and oxygen atoms in total. The average molecular weight is 249 g/mol. The minimum absolute atomic E-state index is 0.296. The minimum atomic E-state index is -0.871. The molecule has 0 saturated carbocycles. The summed E-state index contributed by atoms with van der Waals surface area (Å²) in [6.07, 6.45) is 1.38. The fourth-order valence-electron chi connectivity index (χ4n) is 1.71. The zero-order valence-corrected chi connectivity index (χ0v) is 10.0. The molecule has 0 aliphatic carbocycles. The number of aliphatic hydroxyl groups excluding tert-OH is 1. The number of nitrogens with two attached hydrogens (primary N) is 1. The highest BCUT2D eigenvalue weighted by Gasteiger charge is 2.17. The second-order valence-electron chi connectivity index (χ2n) is 4.14. The molecule has 0 aliphatic rings. The first kappa shape index (κ1) is 12.5. The van der Waals surface area contributed by atoms with Crippen LogP contribution in [0.15, 0.2) is 29.0 Å². The number of amides is 1. The summed E-state index contributed by atoms with van der Waals surface area (Å²) in [5.74, 6) is -0.296. The first-order valence-electron chi connectivity index (χ1n) is 5.55. The minimum Gasteiger partial charge on any atom is -0.443 e. The summed E-state index contributed by atoms with van der Waals surface area (Å²) in [6.45, 7) is 0.0491. The summed E-state index contributed by atoms with van der Waals surface area (Å²) in [5.41, 5.74) is 7.85. The predicted octanol–water partition coefficient (Wildman–Crippen LogP) is 0.106. The van der Waals surface area contributed by atoms with Crippen LogP contribution in [0.4, 0.5) is 0 Å². The Balaban J connectivity index is 2.10. The molecule has 1 unspecified atom stereocenters. The van der Waals surface area contributed by atoms with Gasteiger partial charge in [-0.05, 0) is 17.7 Å². The van der Waals surface area contributed by atoms with Crippen LogP contribution in [-0.2, 0) is 11.3 Å². The second-order valence-corrected chi connectivity index (χ2v) is 4.14. The molecule has 0 spiro atoms. The number of hydrogen-bond donors (Lipinski definition) is 2. The Morgan fingerprint density at radius 2 is 2.39 bits per heavy atom. The average Bonchev–Trinajstić information content (AvgIpc) is 2.84. The molecular formula is C12H15N3O3. The number of aromatic nitrogens is 1. The number of hydrogen-bond acceptors (Lipinski definition) is 5. The molecule has 1 amide bonds. The summed E-state index contributed by atoms with van der Waals surface area (Å²) < 4.78 is 5.19. The van der Waals surface area contributed by atoms with Crippen molar-refractivity contribution in [3.8, 4) is 0 Å². The highest BCUT2D eigenvalue weighted by atomic mass is 16.3. The van der Waals surface area contributed by atoms with E-state index in [9.17, 15) is 4.79 Å². The van der Waals surface area contributed by atoms with Crippen LogP contribution >= 0.6 is 0 Å². The number of fused-ring (bicyclic) bond motifs is 1. The van der Waals surface area contributed by atoms with Gasteiger partial charge in [0.25, 0.3) is 0 Å². The SMILES string of the molecule is CN(Cc1ccc2ncoc2c1)C(=O)C(N)CO. The molecule has 2 aromatic rings. The van der Waals surface area contributed by atoms with Crippen molar-refractivity contribution in [1.29, 1.82) is 0 Å². The number of rotatable bonds is 4. The maximum Gasteiger partial charge on any atom is 0.241 e. The lowest BCUT2D eigenvalue weighted by atomic mass is 10.2. The molecule has 1 atom stereocenters. The molecule has 1 aromatic heterocycles. The van der Waals surface area contributed by atoms with Gasteiger partial charge in [-0.15, -0.1) is 0 Å². The summed E-state index contributed by atoms with van der Waals surface area (Å²) in [7, 11) is 1.64. The van der Waals surface area contributed by atoms with Gasteiger partial charge < -0.3 is 20.2 Å². The van der Waals surface area contributed by atoms with Crippen LogP contribution < -0.4 is 5.73 Å². The highest BCUT2D eigenvalue weighted by molar-refractivity contribution is 5.81. The standard InChI is InChI=1S/C12H15N3O3/c1-15(12(17)9(13)6-16)5-8-2-3-10-11(4-8)18-7-14-10/h2-4,7,9,16H,5-6,13H2,1H3. The normalized spacial score (nSPS) is 12.6. The Kier molecular flexibility index (Phi) is 3.59. The molecule has 0 bridgehead atoms. The zero-order chi connectivity index (χ0) is 13.1. The molecule has 0 radical (unpaired) electrons. The Bertz CT molecular complexity index is 552. The number of nitrogens with zero attached hydrogens (tertiary/aromatic N) is 2. The van der Waals surface area contributed by atoms with Crippen LogP contribution in [0.2, 0.25) is 0 Å². The van der Waals surface area contributed by atoms with Crippen LogP contribution in [0, 0.1) is 0 Å². The van der Waals surface area contributed by atoms with E-state index >= 15 is 0 Å². The Hall–Kier alpha value is -1.92. The first-order chi connectivity index (χ1) is 8.61. The topological polar surface area (TPSA) is 92.6 Å². The maximum absolute atomic E-state index is 11.7. The van der Waals surface area contributed by atoms with Gasteiger partial charge in [-0.2, -0.15) is 0 Å². The molecule has 3 N–H and O–H groups in total. The molecule has 1 heterocycles. The fraction of sp³-hybridized carbons (Fsp3) is 0.333. The number of aliphatic hydroxyl groups is 1. The zero-order valence-electron chi connectivity index (χ0n) is 10.0. The third-order valence-corrected chi connectivity index (χ3v) is 2.71. The van der Waals surface area contributed by atoms with E-state index in [1.165, 1.54) is 11.3 Å². The molecule has 0 saturated heterocycles. The predicted molar refractivity (Wildman–Crippen MR) is 65.5 cm³/mol. The molecule has 6 heteroatoms. The Morgan fingerprint density at radius 1 is 1.61 bits per heavy atom. The third-order valence-electron chi connectivity index (χ3n) is 2.71. The number of carbonyl (C=O) groups excluding carboxylic acids is 1. The molecule has 0 fully saturated rings. The van der Waals surface area contributed by atoms with E-state index in [-0.39, 0.29) is 12.5 Å². The summed E-state index contributed by atoms with van der Waals surface area (Å²) >= 11 is 0. The molecule has 96 valence electrons. The first-order valence-corrected chi connectivity index (χ1v) is 5.55. The maximum atomic E-state index is 11.7. The van der Waals surface area contributed by atoms with E-state index in [2.05, 4.69) is 4.98 Å². The number of benzene rings is 1. The summed E-state index contributed by atoms with van der Waals surface area (Å²) in [6, 6.07) is 4.66. The highest BCUT2D eigenvalue weighted by Crippen LogP contribution is 2.15. The van der Waals surface area contributed by atoms with Gasteiger partial charge in [-0.1, -0.05) is 6.07 Å². The lowest BCUT2D eigenvalue weighted by molar-refractivity contribution is -0.132. The van der Waals surface area contributed by atoms with Crippen molar-refractivity contribution in [2.24, 2.45) is 5.73 Å². The lowest BCUT2D eigenvalue weighted by Crippen LogP contribution is -2.43. The fourth-order valence-corrected chi connectivity index (χ4v) is 1.71. The van der Waals surface area contributed by atoms with Crippen LogP contribution in [0.3, 0.4) is 0 Å². The van der Waals surface area contributed by atoms with Crippen LogP contribution in [0.1, 0.15) is 5.56 Å². The molecule has 1 aromatic carbocycles. The molecular weight excluding hydrogens is 234 g/mol. The Morgan fingerprint density at radius 3 is 3.11 bits per heavy atom. The molecule has 18 heavy (non-hydrogen) atoms. The van der Waals surface area contributed by atoms with Gasteiger partial charge in [-0.25, -0.2) is 4.98 Å². The van der Waals surface area contributed by atoms with E-state index in [1.807, 2.05) is 18.2 Å². The van der Waals surface area contributed by atoms with Crippen molar-refractivity contribution < 1.29 is 14.3 Å². The van der Waals surface area contributed by atoms with E-state index < -0.39 is 6.04 Å². The van der Waals surface area contributed by atoms with Crippen molar-refractivity contribution in [3.63, 3.8) is 0 Å². The second kappa shape index (κ2) is 5.16. The van der Waals surface area contributed by atoms with Crippen molar-refractivity contribution in [1.82, 2.24) is 9.88 Å². The van der Waals surface area contributed by atoms with E-state index in [4.69, 9.17) is 15.3 Å². The number of oxazole rings is 1. The summed E-state index contributed by atoms with van der Waals surface area (Å²) in [4.78, 5) is 17.2. The van der Waals surface area contributed by atoms with Gasteiger partial charge >= 0.3 is 0 Å². The number of carbonyl (C=O) groups is 1. The lowest BCUT2D eigenvalue weighted by Gasteiger charge is -2.20. The van der Waals surface area contributed by atoms with Gasteiger partial charge in [-0.3, -0.25) is 4.79 Å². The molecule has 0 aliphatic heterocycles. The van der Waals surface area contributed by atoms with E-state index in [0.717, 1.165) is 11.1 Å². The molecule has 2 rings (SSSR count). The monoisotopic (exact) mass is 249 g/mol. The van der Waals surface area contributed by atoms with Gasteiger partial charge in [0.15, 0.2) is 12.0 Å². The van der Waals surface area contributed by atoms with Crippen LogP contribution in [0.25, 0.3) is 11.1 Å². The van der Waals surface area contributed by atoms with Gasteiger partial charge in [0.05, 0.1) is 6.61 Å².